The number of hydrogen-bond donors (Lipinski definition) is 1. The standard InChI is InChI=1S/C17H24N2OS/c1-4-15-17(20)19(10-13-9-11(13)2)16(18-15)12-5-7-14(21-3)8-6-12/h5-8,11,13,15-16,18H,4,9-10H2,1-3H3. The van der Waals surface area contributed by atoms with E-state index in [0.717, 1.165) is 18.9 Å². The molecule has 1 aliphatic carbocycles. The third-order valence-electron chi connectivity index (χ3n) is 4.80. The Hall–Kier alpha value is -1.00. The maximum absolute atomic E-state index is 12.6. The minimum atomic E-state index is -0.0238. The molecular weight excluding hydrogens is 280 g/mol. The van der Waals surface area contributed by atoms with Gasteiger partial charge in [0.1, 0.15) is 6.17 Å². The van der Waals surface area contributed by atoms with E-state index in [1.54, 1.807) is 11.8 Å². The Kier molecular flexibility index (Phi) is 4.27. The van der Waals surface area contributed by atoms with E-state index in [4.69, 9.17) is 0 Å². The molecule has 1 aliphatic heterocycles. The summed E-state index contributed by atoms with van der Waals surface area (Å²) >= 11 is 1.75. The van der Waals surface area contributed by atoms with Gasteiger partial charge in [0, 0.05) is 11.4 Å². The van der Waals surface area contributed by atoms with Crippen molar-refractivity contribution < 1.29 is 4.79 Å². The monoisotopic (exact) mass is 304 g/mol. The van der Waals surface area contributed by atoms with Crippen molar-refractivity contribution >= 4 is 17.7 Å². The fourth-order valence-corrected chi connectivity index (χ4v) is 3.54. The molecule has 3 rings (SSSR count). The molecule has 1 N–H and O–H groups in total. The van der Waals surface area contributed by atoms with Crippen LogP contribution < -0.4 is 5.32 Å². The minimum absolute atomic E-state index is 0.0238. The second kappa shape index (κ2) is 6.01. The minimum Gasteiger partial charge on any atom is -0.321 e. The van der Waals surface area contributed by atoms with E-state index in [1.807, 2.05) is 0 Å². The highest BCUT2D eigenvalue weighted by molar-refractivity contribution is 7.98. The Labute approximate surface area is 131 Å². The average Bonchev–Trinajstić information content (AvgIpc) is 3.11. The first kappa shape index (κ1) is 14.9. The van der Waals surface area contributed by atoms with Crippen LogP contribution >= 0.6 is 11.8 Å². The van der Waals surface area contributed by atoms with Gasteiger partial charge in [0.2, 0.25) is 5.91 Å². The average molecular weight is 304 g/mol. The normalized spacial score (nSPS) is 31.8. The van der Waals surface area contributed by atoms with Crippen molar-refractivity contribution in [2.24, 2.45) is 11.8 Å². The van der Waals surface area contributed by atoms with E-state index in [-0.39, 0.29) is 18.1 Å². The van der Waals surface area contributed by atoms with Gasteiger partial charge in [-0.15, -0.1) is 11.8 Å². The third kappa shape index (κ3) is 2.97. The first-order valence-electron chi connectivity index (χ1n) is 7.84. The second-order valence-corrected chi connectivity index (χ2v) is 7.15. The third-order valence-corrected chi connectivity index (χ3v) is 5.54. The smallest absolute Gasteiger partial charge is 0.241 e. The lowest BCUT2D eigenvalue weighted by atomic mass is 10.1. The van der Waals surface area contributed by atoms with E-state index in [1.165, 1.54) is 16.9 Å². The molecule has 1 amide bonds. The van der Waals surface area contributed by atoms with Crippen LogP contribution in [0.3, 0.4) is 0 Å². The zero-order valence-corrected chi connectivity index (χ0v) is 13.8. The molecule has 0 radical (unpaired) electrons. The van der Waals surface area contributed by atoms with Crippen LogP contribution in [-0.4, -0.2) is 29.6 Å². The van der Waals surface area contributed by atoms with Crippen LogP contribution in [0.5, 0.6) is 0 Å². The predicted octanol–water partition coefficient (Wildman–Crippen LogP) is 3.27. The number of benzene rings is 1. The maximum atomic E-state index is 12.6. The number of hydrogen-bond acceptors (Lipinski definition) is 3. The molecule has 1 saturated heterocycles. The van der Waals surface area contributed by atoms with Crippen molar-refractivity contribution in [3.8, 4) is 0 Å². The summed E-state index contributed by atoms with van der Waals surface area (Å²) < 4.78 is 0. The summed E-state index contributed by atoms with van der Waals surface area (Å²) in [7, 11) is 0. The first-order valence-corrected chi connectivity index (χ1v) is 9.07. The topological polar surface area (TPSA) is 32.3 Å². The molecule has 4 atom stereocenters. The van der Waals surface area contributed by atoms with Gasteiger partial charge in [-0.2, -0.15) is 0 Å². The van der Waals surface area contributed by atoms with Gasteiger partial charge in [0.05, 0.1) is 6.04 Å². The zero-order chi connectivity index (χ0) is 15.0. The Morgan fingerprint density at radius 1 is 1.33 bits per heavy atom. The van der Waals surface area contributed by atoms with Crippen molar-refractivity contribution in [1.29, 1.82) is 0 Å². The molecule has 2 aliphatic rings. The largest absolute Gasteiger partial charge is 0.321 e. The maximum Gasteiger partial charge on any atom is 0.241 e. The summed E-state index contributed by atoms with van der Waals surface area (Å²) in [5.74, 6) is 1.74. The highest BCUT2D eigenvalue weighted by atomic mass is 32.2. The lowest BCUT2D eigenvalue weighted by Crippen LogP contribution is -2.33. The predicted molar refractivity (Wildman–Crippen MR) is 87.2 cm³/mol. The number of thioether (sulfide) groups is 1. The molecule has 3 nitrogen and oxygen atoms in total. The molecule has 4 heteroatoms. The van der Waals surface area contributed by atoms with E-state index < -0.39 is 0 Å². The van der Waals surface area contributed by atoms with Gasteiger partial charge < -0.3 is 4.90 Å². The summed E-state index contributed by atoms with van der Waals surface area (Å²) in [4.78, 5) is 15.9. The zero-order valence-electron chi connectivity index (χ0n) is 13.0. The first-order chi connectivity index (χ1) is 10.1. The van der Waals surface area contributed by atoms with Crippen LogP contribution in [0.1, 0.15) is 38.4 Å². The van der Waals surface area contributed by atoms with Crippen LogP contribution in [0.4, 0.5) is 0 Å². The molecule has 114 valence electrons. The highest BCUT2D eigenvalue weighted by Crippen LogP contribution is 2.40. The van der Waals surface area contributed by atoms with Crippen LogP contribution in [0.25, 0.3) is 0 Å². The highest BCUT2D eigenvalue weighted by Gasteiger charge is 2.43. The van der Waals surface area contributed by atoms with Gasteiger partial charge in [-0.3, -0.25) is 10.1 Å². The molecule has 0 spiro atoms. The van der Waals surface area contributed by atoms with Crippen molar-refractivity contribution in [1.82, 2.24) is 10.2 Å². The Bertz CT molecular complexity index is 516. The summed E-state index contributed by atoms with van der Waals surface area (Å²) in [6, 6.07) is 8.56. The Balaban J connectivity index is 1.80. The lowest BCUT2D eigenvalue weighted by molar-refractivity contribution is -0.130. The van der Waals surface area contributed by atoms with E-state index >= 15 is 0 Å². The molecular formula is C17H24N2OS. The van der Waals surface area contributed by atoms with Gasteiger partial charge in [-0.25, -0.2) is 0 Å². The van der Waals surface area contributed by atoms with Gasteiger partial charge >= 0.3 is 0 Å². The molecule has 2 fully saturated rings. The number of nitrogens with zero attached hydrogens (tertiary/aromatic N) is 1. The fraction of sp³-hybridized carbons (Fsp3) is 0.588. The van der Waals surface area contributed by atoms with Gasteiger partial charge in [-0.05, 0) is 48.6 Å². The lowest BCUT2D eigenvalue weighted by Gasteiger charge is -2.25. The van der Waals surface area contributed by atoms with Crippen LogP contribution in [0, 0.1) is 11.8 Å². The number of carbonyl (C=O) groups excluding carboxylic acids is 1. The molecule has 0 aromatic heterocycles. The van der Waals surface area contributed by atoms with Gasteiger partial charge in [0.15, 0.2) is 0 Å². The van der Waals surface area contributed by atoms with Crippen molar-refractivity contribution in [3.05, 3.63) is 29.8 Å². The number of amides is 1. The van der Waals surface area contributed by atoms with Crippen molar-refractivity contribution in [3.63, 3.8) is 0 Å². The summed E-state index contributed by atoms with van der Waals surface area (Å²) in [6.45, 7) is 5.25. The van der Waals surface area contributed by atoms with Gasteiger partial charge in [-0.1, -0.05) is 26.0 Å². The van der Waals surface area contributed by atoms with Gasteiger partial charge in [0.25, 0.3) is 0 Å². The SMILES string of the molecule is CCC1NC(c2ccc(SC)cc2)N(CC2CC2C)C1=O. The van der Waals surface area contributed by atoms with E-state index in [9.17, 15) is 4.79 Å². The molecule has 1 saturated carbocycles. The van der Waals surface area contributed by atoms with Crippen LogP contribution in [-0.2, 0) is 4.79 Å². The van der Waals surface area contributed by atoms with E-state index in [0.29, 0.717) is 5.92 Å². The molecule has 1 aromatic rings. The Morgan fingerprint density at radius 3 is 2.52 bits per heavy atom. The summed E-state index contributed by atoms with van der Waals surface area (Å²) in [5.41, 5.74) is 1.20. The van der Waals surface area contributed by atoms with E-state index in [2.05, 4.69) is 54.6 Å². The van der Waals surface area contributed by atoms with Crippen LogP contribution in [0.2, 0.25) is 0 Å². The molecule has 0 bridgehead atoms. The molecule has 1 aromatic carbocycles. The number of rotatable bonds is 5. The molecule has 1 heterocycles. The summed E-state index contributed by atoms with van der Waals surface area (Å²) in [6.07, 6.45) is 4.25. The van der Waals surface area contributed by atoms with Crippen molar-refractivity contribution in [2.75, 3.05) is 12.8 Å². The second-order valence-electron chi connectivity index (χ2n) is 6.27. The summed E-state index contributed by atoms with van der Waals surface area (Å²) in [5, 5.41) is 3.51. The number of nitrogens with one attached hydrogen (secondary N) is 1. The van der Waals surface area contributed by atoms with Crippen molar-refractivity contribution in [2.45, 2.75) is 43.8 Å². The molecule has 21 heavy (non-hydrogen) atoms. The number of carbonyl (C=O) groups is 1. The fourth-order valence-electron chi connectivity index (χ4n) is 3.14. The Morgan fingerprint density at radius 2 is 2.00 bits per heavy atom. The molecule has 4 unspecified atom stereocenters. The van der Waals surface area contributed by atoms with Crippen LogP contribution in [0.15, 0.2) is 29.2 Å². The quantitative estimate of drug-likeness (QED) is 0.847.